The summed E-state index contributed by atoms with van der Waals surface area (Å²) in [6.45, 7) is 1.73. The number of nitro benzene ring substituents is 1. The van der Waals surface area contributed by atoms with E-state index in [-0.39, 0.29) is 17.0 Å². The summed E-state index contributed by atoms with van der Waals surface area (Å²) in [4.78, 5) is 30.3. The number of aromatic nitrogens is 2. The molecule has 1 aromatic carbocycles. The van der Waals surface area contributed by atoms with Crippen LogP contribution in [0.4, 0.5) is 5.69 Å². The van der Waals surface area contributed by atoms with Crippen LogP contribution < -0.4 is 10.3 Å². The third kappa shape index (κ3) is 3.07. The SMILES string of the molecule is COc1ccc(/C=N\n2c(C)nc3sc4c(c3c2=O)CCCC4)cc1[N+](=O)[O-]. The van der Waals surface area contributed by atoms with E-state index in [2.05, 4.69) is 10.1 Å². The predicted octanol–water partition coefficient (Wildman–Crippen LogP) is 3.44. The lowest BCUT2D eigenvalue weighted by Crippen LogP contribution is -2.21. The van der Waals surface area contributed by atoms with Crippen LogP contribution in [0.5, 0.6) is 5.75 Å². The summed E-state index contributed by atoms with van der Waals surface area (Å²) in [7, 11) is 1.38. The summed E-state index contributed by atoms with van der Waals surface area (Å²) >= 11 is 1.60. The Labute approximate surface area is 164 Å². The van der Waals surface area contributed by atoms with E-state index >= 15 is 0 Å². The molecule has 4 rings (SSSR count). The molecule has 0 spiro atoms. The maximum atomic E-state index is 13.1. The van der Waals surface area contributed by atoms with E-state index in [1.807, 2.05) is 0 Å². The number of thiophene rings is 1. The number of nitro groups is 1. The van der Waals surface area contributed by atoms with Gasteiger partial charge in [-0.25, -0.2) is 4.98 Å². The summed E-state index contributed by atoms with van der Waals surface area (Å²) in [5, 5.41) is 16.1. The number of rotatable bonds is 4. The van der Waals surface area contributed by atoms with Gasteiger partial charge in [-0.3, -0.25) is 14.9 Å². The molecular weight excluding hydrogens is 380 g/mol. The molecule has 0 aliphatic heterocycles. The highest BCUT2D eigenvalue weighted by Crippen LogP contribution is 2.33. The average molecular weight is 398 g/mol. The van der Waals surface area contributed by atoms with Crippen LogP contribution in [-0.4, -0.2) is 27.9 Å². The molecule has 0 saturated carbocycles. The lowest BCUT2D eigenvalue weighted by molar-refractivity contribution is -0.385. The molecule has 0 amide bonds. The van der Waals surface area contributed by atoms with Crippen LogP contribution >= 0.6 is 11.3 Å². The first-order valence-electron chi connectivity index (χ1n) is 8.90. The minimum absolute atomic E-state index is 0.156. The van der Waals surface area contributed by atoms with E-state index in [9.17, 15) is 14.9 Å². The first-order chi connectivity index (χ1) is 13.5. The van der Waals surface area contributed by atoms with Gasteiger partial charge in [-0.05, 0) is 50.3 Å². The molecule has 28 heavy (non-hydrogen) atoms. The number of fused-ring (bicyclic) bond motifs is 3. The fraction of sp³-hybridized carbons (Fsp3) is 0.316. The van der Waals surface area contributed by atoms with E-state index in [4.69, 9.17) is 4.74 Å². The predicted molar refractivity (Wildman–Crippen MR) is 108 cm³/mol. The van der Waals surface area contributed by atoms with Gasteiger partial charge < -0.3 is 4.74 Å². The van der Waals surface area contributed by atoms with Crippen molar-refractivity contribution in [2.75, 3.05) is 7.11 Å². The van der Waals surface area contributed by atoms with Crippen molar-refractivity contribution in [2.45, 2.75) is 32.6 Å². The van der Waals surface area contributed by atoms with Crippen LogP contribution in [-0.2, 0) is 12.8 Å². The maximum absolute atomic E-state index is 13.1. The van der Waals surface area contributed by atoms with Crippen LogP contribution in [0.2, 0.25) is 0 Å². The Kier molecular flexibility index (Phi) is 4.68. The number of nitrogens with zero attached hydrogens (tertiary/aromatic N) is 4. The molecular formula is C19H18N4O4S. The fourth-order valence-electron chi connectivity index (χ4n) is 3.49. The minimum atomic E-state index is -0.515. The van der Waals surface area contributed by atoms with Crippen molar-refractivity contribution in [3.63, 3.8) is 0 Å². The first kappa shape index (κ1) is 18.3. The number of aryl methyl sites for hydroxylation is 3. The van der Waals surface area contributed by atoms with E-state index in [1.165, 1.54) is 35.0 Å². The van der Waals surface area contributed by atoms with Crippen LogP contribution in [0.3, 0.4) is 0 Å². The molecule has 0 unspecified atom stereocenters. The number of hydrogen-bond donors (Lipinski definition) is 0. The van der Waals surface area contributed by atoms with Crippen molar-refractivity contribution >= 4 is 33.5 Å². The fourth-order valence-corrected chi connectivity index (χ4v) is 4.79. The van der Waals surface area contributed by atoms with Gasteiger partial charge in [0.25, 0.3) is 5.56 Å². The highest BCUT2D eigenvalue weighted by Gasteiger charge is 2.21. The normalized spacial score (nSPS) is 13.8. The molecule has 0 N–H and O–H groups in total. The van der Waals surface area contributed by atoms with Crippen molar-refractivity contribution in [1.82, 2.24) is 9.66 Å². The van der Waals surface area contributed by atoms with E-state index in [1.54, 1.807) is 24.3 Å². The van der Waals surface area contributed by atoms with Gasteiger partial charge in [-0.15, -0.1) is 11.3 Å². The number of methoxy groups -OCH3 is 1. The number of hydrogen-bond acceptors (Lipinski definition) is 7. The summed E-state index contributed by atoms with van der Waals surface area (Å²) in [6.07, 6.45) is 5.52. The topological polar surface area (TPSA) is 99.6 Å². The average Bonchev–Trinajstić information content (AvgIpc) is 3.05. The van der Waals surface area contributed by atoms with Crippen LogP contribution in [0.1, 0.15) is 34.7 Å². The molecule has 0 fully saturated rings. The molecule has 1 aliphatic carbocycles. The van der Waals surface area contributed by atoms with Crippen molar-refractivity contribution in [3.05, 3.63) is 60.5 Å². The zero-order chi connectivity index (χ0) is 19.8. The van der Waals surface area contributed by atoms with E-state index in [0.717, 1.165) is 36.1 Å². The molecule has 2 heterocycles. The molecule has 3 aromatic rings. The van der Waals surface area contributed by atoms with Gasteiger partial charge in [0.05, 0.1) is 23.6 Å². The summed E-state index contributed by atoms with van der Waals surface area (Å²) < 4.78 is 6.27. The van der Waals surface area contributed by atoms with Gasteiger partial charge in [0.1, 0.15) is 10.7 Å². The highest BCUT2D eigenvalue weighted by molar-refractivity contribution is 7.18. The van der Waals surface area contributed by atoms with Gasteiger partial charge in [0, 0.05) is 16.5 Å². The standard InChI is InChI=1S/C19H18N4O4S/c1-11-21-18-17(13-5-3-4-6-16(13)28-18)19(24)22(11)20-10-12-7-8-15(27-2)14(9-12)23(25)26/h7-10H,3-6H2,1-2H3/b20-10-. The summed E-state index contributed by atoms with van der Waals surface area (Å²) in [5.41, 5.74) is 1.25. The second kappa shape index (κ2) is 7.16. The van der Waals surface area contributed by atoms with Crippen molar-refractivity contribution in [3.8, 4) is 5.75 Å². The van der Waals surface area contributed by atoms with E-state index in [0.29, 0.717) is 16.8 Å². The van der Waals surface area contributed by atoms with E-state index < -0.39 is 4.92 Å². The Bertz CT molecular complexity index is 1180. The molecule has 0 bridgehead atoms. The molecule has 2 aromatic heterocycles. The quantitative estimate of drug-likeness (QED) is 0.381. The first-order valence-corrected chi connectivity index (χ1v) is 9.72. The second-order valence-electron chi connectivity index (χ2n) is 6.60. The third-order valence-corrected chi connectivity index (χ3v) is 6.04. The number of ether oxygens (including phenoxy) is 1. The molecule has 1 aliphatic rings. The largest absolute Gasteiger partial charge is 0.490 e. The lowest BCUT2D eigenvalue weighted by Gasteiger charge is -2.10. The van der Waals surface area contributed by atoms with Crippen molar-refractivity contribution < 1.29 is 9.66 Å². The molecule has 144 valence electrons. The smallest absolute Gasteiger partial charge is 0.311 e. The second-order valence-corrected chi connectivity index (χ2v) is 7.68. The maximum Gasteiger partial charge on any atom is 0.311 e. The zero-order valence-electron chi connectivity index (χ0n) is 15.5. The molecule has 0 radical (unpaired) electrons. The van der Waals surface area contributed by atoms with Gasteiger partial charge in [-0.1, -0.05) is 0 Å². The Hall–Kier alpha value is -3.07. The molecule has 0 atom stereocenters. The van der Waals surface area contributed by atoms with Gasteiger partial charge in [0.15, 0.2) is 5.75 Å². The lowest BCUT2D eigenvalue weighted by atomic mass is 9.97. The Morgan fingerprint density at radius 1 is 1.36 bits per heavy atom. The molecule has 0 saturated heterocycles. The van der Waals surface area contributed by atoms with Crippen molar-refractivity contribution in [2.24, 2.45) is 5.10 Å². The Morgan fingerprint density at radius 2 is 2.14 bits per heavy atom. The summed E-state index contributed by atoms with van der Waals surface area (Å²) in [6, 6.07) is 4.51. The van der Waals surface area contributed by atoms with Gasteiger partial charge >= 0.3 is 5.69 Å². The molecule has 9 heteroatoms. The minimum Gasteiger partial charge on any atom is -0.490 e. The monoisotopic (exact) mass is 398 g/mol. The van der Waals surface area contributed by atoms with Gasteiger partial charge in [0.2, 0.25) is 0 Å². The Morgan fingerprint density at radius 3 is 2.89 bits per heavy atom. The van der Waals surface area contributed by atoms with Crippen LogP contribution in [0, 0.1) is 17.0 Å². The van der Waals surface area contributed by atoms with Crippen molar-refractivity contribution in [1.29, 1.82) is 0 Å². The Balaban J connectivity index is 1.79. The molecule has 8 nitrogen and oxygen atoms in total. The van der Waals surface area contributed by atoms with Gasteiger partial charge in [-0.2, -0.15) is 9.78 Å². The third-order valence-electron chi connectivity index (χ3n) is 4.85. The van der Waals surface area contributed by atoms with Crippen LogP contribution in [0.25, 0.3) is 10.2 Å². The van der Waals surface area contributed by atoms with Crippen LogP contribution in [0.15, 0.2) is 28.1 Å². The highest BCUT2D eigenvalue weighted by atomic mass is 32.1. The zero-order valence-corrected chi connectivity index (χ0v) is 16.3. The summed E-state index contributed by atoms with van der Waals surface area (Å²) in [5.74, 6) is 0.652. The number of benzene rings is 1.